The number of hydrogen-bond donors (Lipinski definition) is 2. The lowest BCUT2D eigenvalue weighted by Gasteiger charge is -2.17. The Hall–Kier alpha value is -0.810. The molecule has 0 aliphatic heterocycles. The average molecular weight is 320 g/mol. The van der Waals surface area contributed by atoms with Crippen molar-refractivity contribution < 1.29 is 14.6 Å². The van der Waals surface area contributed by atoms with Gasteiger partial charge in [-0.3, -0.25) is 4.79 Å². The van der Waals surface area contributed by atoms with Gasteiger partial charge in [-0.1, -0.05) is 37.0 Å². The third-order valence-corrected chi connectivity index (χ3v) is 3.07. The van der Waals surface area contributed by atoms with E-state index < -0.39 is 6.10 Å². The number of carbonyl (C=O) groups excluding carboxylic acids is 1. The van der Waals surface area contributed by atoms with Crippen molar-refractivity contribution in [1.29, 1.82) is 0 Å². The molecule has 0 aromatic heterocycles. The van der Waals surface area contributed by atoms with Crippen LogP contribution in [0.15, 0.2) is 12.1 Å². The molecule has 1 unspecified atom stereocenters. The van der Waals surface area contributed by atoms with Gasteiger partial charge in [0.15, 0.2) is 5.78 Å². The Morgan fingerprint density at radius 2 is 2.05 bits per heavy atom. The zero-order chi connectivity index (χ0) is 15.3. The van der Waals surface area contributed by atoms with E-state index in [0.29, 0.717) is 17.1 Å². The summed E-state index contributed by atoms with van der Waals surface area (Å²) < 4.78 is 5.48. The van der Waals surface area contributed by atoms with Crippen molar-refractivity contribution in [1.82, 2.24) is 5.32 Å². The normalized spacial score (nSPS) is 12.6. The molecule has 0 fully saturated rings. The first-order valence-electron chi connectivity index (χ1n) is 6.35. The highest BCUT2D eigenvalue weighted by molar-refractivity contribution is 6.36. The molecule has 0 spiro atoms. The maximum atomic E-state index is 11.6. The molecule has 0 amide bonds. The summed E-state index contributed by atoms with van der Waals surface area (Å²) in [5.74, 6) is 0.0614. The first-order valence-corrected chi connectivity index (χ1v) is 7.11. The molecule has 0 bridgehead atoms. The van der Waals surface area contributed by atoms with Gasteiger partial charge in [-0.05, 0) is 19.1 Å². The summed E-state index contributed by atoms with van der Waals surface area (Å²) in [5, 5.41) is 13.5. The van der Waals surface area contributed by atoms with Gasteiger partial charge >= 0.3 is 0 Å². The lowest BCUT2D eigenvalue weighted by molar-refractivity contribution is 0.0968. The summed E-state index contributed by atoms with van der Waals surface area (Å²) in [4.78, 5) is 11.6. The molecule has 1 aromatic rings. The van der Waals surface area contributed by atoms with Crippen molar-refractivity contribution in [3.05, 3.63) is 27.7 Å². The maximum Gasteiger partial charge on any atom is 0.163 e. The second-order valence-corrected chi connectivity index (χ2v) is 5.69. The smallest absolute Gasteiger partial charge is 0.163 e. The number of halogens is 2. The Balaban J connectivity index is 2.74. The summed E-state index contributed by atoms with van der Waals surface area (Å²) in [6, 6.07) is 3.28. The van der Waals surface area contributed by atoms with Gasteiger partial charge in [0.25, 0.3) is 0 Å². The molecule has 2 N–H and O–H groups in total. The van der Waals surface area contributed by atoms with Crippen molar-refractivity contribution in [2.45, 2.75) is 32.9 Å². The van der Waals surface area contributed by atoms with Crippen molar-refractivity contribution in [3.63, 3.8) is 0 Å². The fourth-order valence-corrected chi connectivity index (χ4v) is 2.13. The van der Waals surface area contributed by atoms with E-state index in [1.807, 2.05) is 13.8 Å². The van der Waals surface area contributed by atoms with Crippen LogP contribution >= 0.6 is 23.2 Å². The molecule has 0 aliphatic carbocycles. The number of carbonyl (C=O) groups is 1. The number of hydrogen-bond acceptors (Lipinski definition) is 4. The van der Waals surface area contributed by atoms with Crippen LogP contribution in [0.4, 0.5) is 0 Å². The third-order valence-electron chi connectivity index (χ3n) is 2.57. The van der Waals surface area contributed by atoms with Crippen LogP contribution in [0.1, 0.15) is 31.1 Å². The number of benzene rings is 1. The molecule has 0 heterocycles. The van der Waals surface area contributed by atoms with Gasteiger partial charge in [0.1, 0.15) is 18.5 Å². The minimum Gasteiger partial charge on any atom is -0.489 e. The summed E-state index contributed by atoms with van der Waals surface area (Å²) in [5.41, 5.74) is 0.312. The average Bonchev–Trinajstić information content (AvgIpc) is 2.34. The van der Waals surface area contributed by atoms with E-state index >= 15 is 0 Å². The minimum atomic E-state index is -0.691. The van der Waals surface area contributed by atoms with E-state index in [4.69, 9.17) is 27.9 Å². The Kier molecular flexibility index (Phi) is 6.76. The maximum absolute atomic E-state index is 11.6. The Morgan fingerprint density at radius 3 is 2.60 bits per heavy atom. The van der Waals surface area contributed by atoms with Gasteiger partial charge in [-0.15, -0.1) is 0 Å². The largest absolute Gasteiger partial charge is 0.489 e. The van der Waals surface area contributed by atoms with Gasteiger partial charge in [-0.25, -0.2) is 0 Å². The van der Waals surface area contributed by atoms with Crippen LogP contribution in [0.5, 0.6) is 5.75 Å². The number of rotatable bonds is 7. The SMILES string of the molecule is CC(=O)c1cc(Cl)cc(Cl)c1OCC(O)CNC(C)C. The van der Waals surface area contributed by atoms with Crippen LogP contribution in [0.3, 0.4) is 0 Å². The summed E-state index contributed by atoms with van der Waals surface area (Å²) in [6.07, 6.45) is -0.691. The standard InChI is InChI=1S/C14H19Cl2NO3/c1-8(2)17-6-11(19)7-20-14-12(9(3)18)4-10(15)5-13(14)16/h4-5,8,11,17,19H,6-7H2,1-3H3. The molecule has 1 atom stereocenters. The van der Waals surface area contributed by atoms with Crippen molar-refractivity contribution >= 4 is 29.0 Å². The molecule has 0 saturated heterocycles. The number of aliphatic hydroxyl groups is 1. The van der Waals surface area contributed by atoms with Gasteiger partial charge in [0.05, 0.1) is 10.6 Å². The fraction of sp³-hybridized carbons (Fsp3) is 0.500. The van der Waals surface area contributed by atoms with Crippen LogP contribution in [-0.2, 0) is 0 Å². The molecule has 4 nitrogen and oxygen atoms in total. The minimum absolute atomic E-state index is 0.0430. The van der Waals surface area contributed by atoms with Crippen LogP contribution < -0.4 is 10.1 Å². The Labute approximate surface area is 129 Å². The first-order chi connectivity index (χ1) is 9.31. The lowest BCUT2D eigenvalue weighted by Crippen LogP contribution is -2.35. The zero-order valence-corrected chi connectivity index (χ0v) is 13.3. The monoisotopic (exact) mass is 319 g/mol. The fourth-order valence-electron chi connectivity index (χ4n) is 1.58. The van der Waals surface area contributed by atoms with Crippen LogP contribution in [-0.4, -0.2) is 36.2 Å². The molecule has 1 aromatic carbocycles. The summed E-state index contributed by atoms with van der Waals surface area (Å²) >= 11 is 11.9. The van der Waals surface area contributed by atoms with E-state index in [-0.39, 0.29) is 29.2 Å². The van der Waals surface area contributed by atoms with Crippen LogP contribution in [0.2, 0.25) is 10.0 Å². The van der Waals surface area contributed by atoms with Crippen molar-refractivity contribution in [2.75, 3.05) is 13.2 Å². The molecular formula is C14H19Cl2NO3. The molecule has 1 rings (SSSR count). The number of nitrogens with one attached hydrogen (secondary N) is 1. The van der Waals surface area contributed by atoms with Crippen molar-refractivity contribution in [2.24, 2.45) is 0 Å². The zero-order valence-electron chi connectivity index (χ0n) is 11.7. The van der Waals surface area contributed by atoms with E-state index in [1.54, 1.807) is 0 Å². The van der Waals surface area contributed by atoms with E-state index in [0.717, 1.165) is 0 Å². The molecule has 112 valence electrons. The Morgan fingerprint density at radius 1 is 1.40 bits per heavy atom. The highest BCUT2D eigenvalue weighted by atomic mass is 35.5. The van der Waals surface area contributed by atoms with E-state index in [9.17, 15) is 9.90 Å². The van der Waals surface area contributed by atoms with E-state index in [2.05, 4.69) is 5.32 Å². The van der Waals surface area contributed by atoms with E-state index in [1.165, 1.54) is 19.1 Å². The lowest BCUT2D eigenvalue weighted by atomic mass is 10.1. The first kappa shape index (κ1) is 17.2. The van der Waals surface area contributed by atoms with Crippen molar-refractivity contribution in [3.8, 4) is 5.75 Å². The highest BCUT2D eigenvalue weighted by Crippen LogP contribution is 2.32. The second kappa shape index (κ2) is 7.84. The predicted molar refractivity (Wildman–Crippen MR) is 81.1 cm³/mol. The van der Waals surface area contributed by atoms with Crippen LogP contribution in [0.25, 0.3) is 0 Å². The molecule has 0 aliphatic rings. The highest BCUT2D eigenvalue weighted by Gasteiger charge is 2.16. The molecule has 0 radical (unpaired) electrons. The molecule has 0 saturated carbocycles. The Bertz CT molecular complexity index is 478. The molecule has 6 heteroatoms. The summed E-state index contributed by atoms with van der Waals surface area (Å²) in [6.45, 7) is 5.82. The number of ketones is 1. The van der Waals surface area contributed by atoms with Gasteiger partial charge in [0.2, 0.25) is 0 Å². The number of ether oxygens (including phenoxy) is 1. The van der Waals surface area contributed by atoms with Gasteiger partial charge < -0.3 is 15.2 Å². The van der Waals surface area contributed by atoms with Crippen LogP contribution in [0, 0.1) is 0 Å². The van der Waals surface area contributed by atoms with Gasteiger partial charge in [-0.2, -0.15) is 0 Å². The summed E-state index contributed by atoms with van der Waals surface area (Å²) in [7, 11) is 0. The quantitative estimate of drug-likeness (QED) is 0.759. The number of aliphatic hydroxyl groups excluding tert-OH is 1. The topological polar surface area (TPSA) is 58.6 Å². The predicted octanol–water partition coefficient (Wildman–Crippen LogP) is 2.93. The number of Topliss-reactive ketones (excluding diaryl/α,β-unsaturated/α-hetero) is 1. The van der Waals surface area contributed by atoms with Gasteiger partial charge in [0, 0.05) is 17.6 Å². The molecule has 20 heavy (non-hydrogen) atoms. The molecular weight excluding hydrogens is 301 g/mol. The second-order valence-electron chi connectivity index (χ2n) is 4.85. The third kappa shape index (κ3) is 5.29.